The van der Waals surface area contributed by atoms with Gasteiger partial charge in [0.05, 0.1) is 0 Å². The Bertz CT molecular complexity index is 287. The van der Waals surface area contributed by atoms with Gasteiger partial charge >= 0.3 is 0 Å². The Morgan fingerprint density at radius 1 is 1.44 bits per heavy atom. The molecule has 0 aromatic heterocycles. The van der Waals surface area contributed by atoms with Crippen LogP contribution in [0.15, 0.2) is 11.1 Å². The Morgan fingerprint density at radius 3 is 2.69 bits per heavy atom. The number of carbonyl (C=O) groups excluding carboxylic acids is 1. The summed E-state index contributed by atoms with van der Waals surface area (Å²) in [5.74, 6) is 0.693. The summed E-state index contributed by atoms with van der Waals surface area (Å²) in [4.78, 5) is 11.8. The average molecular weight is 224 g/mol. The van der Waals surface area contributed by atoms with Crippen LogP contribution in [0.3, 0.4) is 0 Å². The van der Waals surface area contributed by atoms with Crippen LogP contribution in [0, 0.1) is 5.92 Å². The van der Waals surface area contributed by atoms with Crippen molar-refractivity contribution in [2.75, 3.05) is 32.8 Å². The lowest BCUT2D eigenvalue weighted by Crippen LogP contribution is -2.39. The molecule has 2 heterocycles. The van der Waals surface area contributed by atoms with Crippen LogP contribution < -0.4 is 10.6 Å². The lowest BCUT2D eigenvalue weighted by atomic mass is 9.99. The fourth-order valence-electron chi connectivity index (χ4n) is 2.00. The van der Waals surface area contributed by atoms with Crippen LogP contribution in [-0.4, -0.2) is 38.8 Å². The maximum absolute atomic E-state index is 11.8. The van der Waals surface area contributed by atoms with Crippen molar-refractivity contribution in [3.8, 4) is 0 Å². The van der Waals surface area contributed by atoms with E-state index in [9.17, 15) is 4.79 Å². The van der Waals surface area contributed by atoms with Gasteiger partial charge in [-0.2, -0.15) is 0 Å². The topological polar surface area (TPSA) is 50.4 Å². The first-order valence-corrected chi connectivity index (χ1v) is 6.02. The molecule has 0 aromatic carbocycles. The molecule has 2 fully saturated rings. The fourth-order valence-corrected chi connectivity index (χ4v) is 2.00. The van der Waals surface area contributed by atoms with Gasteiger partial charge in [-0.25, -0.2) is 0 Å². The first kappa shape index (κ1) is 11.6. The van der Waals surface area contributed by atoms with Gasteiger partial charge in [0.15, 0.2) is 0 Å². The molecule has 0 aliphatic carbocycles. The standard InChI is InChI=1S/C12H20N2O2/c1-9(11-7-13-8-11)12(15)14-6-10-2-4-16-5-3-10/h10,13H,2-8H2,1H3,(H,14,15). The molecule has 2 aliphatic rings. The van der Waals surface area contributed by atoms with Crippen LogP contribution in [0.25, 0.3) is 0 Å². The molecule has 2 aliphatic heterocycles. The number of amides is 1. The number of hydrogen-bond donors (Lipinski definition) is 2. The second kappa shape index (κ2) is 5.46. The highest BCUT2D eigenvalue weighted by Crippen LogP contribution is 2.14. The lowest BCUT2D eigenvalue weighted by Gasteiger charge is -2.24. The zero-order valence-corrected chi connectivity index (χ0v) is 9.84. The largest absolute Gasteiger partial charge is 0.381 e. The molecule has 0 saturated carbocycles. The molecule has 4 nitrogen and oxygen atoms in total. The molecule has 16 heavy (non-hydrogen) atoms. The SMILES string of the molecule is CC(C(=O)NCC1CCOCC1)=C1CNC1. The molecule has 2 saturated heterocycles. The second-order valence-electron chi connectivity index (χ2n) is 4.60. The van der Waals surface area contributed by atoms with E-state index in [1.54, 1.807) is 0 Å². The molecule has 0 unspecified atom stereocenters. The van der Waals surface area contributed by atoms with Crippen LogP contribution in [0.2, 0.25) is 0 Å². The van der Waals surface area contributed by atoms with E-state index in [1.807, 2.05) is 6.92 Å². The van der Waals surface area contributed by atoms with Crippen molar-refractivity contribution in [3.63, 3.8) is 0 Å². The van der Waals surface area contributed by atoms with E-state index >= 15 is 0 Å². The normalized spacial score (nSPS) is 21.4. The molecule has 90 valence electrons. The molecule has 4 heteroatoms. The first-order valence-electron chi connectivity index (χ1n) is 6.02. The zero-order valence-electron chi connectivity index (χ0n) is 9.84. The second-order valence-corrected chi connectivity index (χ2v) is 4.60. The molecule has 2 rings (SSSR count). The third kappa shape index (κ3) is 2.83. The van der Waals surface area contributed by atoms with Gasteiger partial charge in [-0.1, -0.05) is 0 Å². The van der Waals surface area contributed by atoms with E-state index in [0.717, 1.165) is 51.3 Å². The summed E-state index contributed by atoms with van der Waals surface area (Å²) in [6, 6.07) is 0. The minimum atomic E-state index is 0.1000. The summed E-state index contributed by atoms with van der Waals surface area (Å²) < 4.78 is 5.29. The van der Waals surface area contributed by atoms with E-state index in [-0.39, 0.29) is 5.91 Å². The van der Waals surface area contributed by atoms with Crippen LogP contribution in [0.5, 0.6) is 0 Å². The smallest absolute Gasteiger partial charge is 0.246 e. The van der Waals surface area contributed by atoms with Crippen molar-refractivity contribution in [1.82, 2.24) is 10.6 Å². The molecule has 0 bridgehead atoms. The van der Waals surface area contributed by atoms with E-state index in [4.69, 9.17) is 4.74 Å². The van der Waals surface area contributed by atoms with E-state index in [0.29, 0.717) is 5.92 Å². The van der Waals surface area contributed by atoms with Crippen molar-refractivity contribution >= 4 is 5.91 Å². The van der Waals surface area contributed by atoms with Gasteiger partial charge in [0, 0.05) is 38.4 Å². The minimum absolute atomic E-state index is 0.1000. The van der Waals surface area contributed by atoms with Gasteiger partial charge in [-0.3, -0.25) is 4.79 Å². The first-order chi connectivity index (χ1) is 7.77. The molecule has 1 amide bonds. The van der Waals surface area contributed by atoms with Gasteiger partial charge in [0.2, 0.25) is 5.91 Å². The van der Waals surface area contributed by atoms with Gasteiger partial charge in [0.1, 0.15) is 0 Å². The Labute approximate surface area is 96.4 Å². The summed E-state index contributed by atoms with van der Waals surface area (Å²) in [6.07, 6.45) is 2.13. The average Bonchev–Trinajstić information content (AvgIpc) is 2.25. The summed E-state index contributed by atoms with van der Waals surface area (Å²) in [5.41, 5.74) is 2.13. The number of carbonyl (C=O) groups is 1. The number of rotatable bonds is 3. The molecule has 0 spiro atoms. The van der Waals surface area contributed by atoms with E-state index in [1.165, 1.54) is 5.57 Å². The number of nitrogens with one attached hydrogen (secondary N) is 2. The lowest BCUT2D eigenvalue weighted by molar-refractivity contribution is -0.117. The summed E-state index contributed by atoms with van der Waals surface area (Å²) >= 11 is 0. The molecule has 0 atom stereocenters. The monoisotopic (exact) mass is 224 g/mol. The highest BCUT2D eigenvalue weighted by molar-refractivity contribution is 5.93. The molecular weight excluding hydrogens is 204 g/mol. The predicted molar refractivity (Wildman–Crippen MR) is 62.1 cm³/mol. The highest BCUT2D eigenvalue weighted by atomic mass is 16.5. The summed E-state index contributed by atoms with van der Waals surface area (Å²) in [5, 5.41) is 6.17. The number of hydrogen-bond acceptors (Lipinski definition) is 3. The Hall–Kier alpha value is -0.870. The minimum Gasteiger partial charge on any atom is -0.381 e. The van der Waals surface area contributed by atoms with E-state index in [2.05, 4.69) is 10.6 Å². The Balaban J connectivity index is 1.74. The van der Waals surface area contributed by atoms with Crippen LogP contribution >= 0.6 is 0 Å². The molecule has 0 aromatic rings. The van der Waals surface area contributed by atoms with Crippen LogP contribution in [0.4, 0.5) is 0 Å². The zero-order chi connectivity index (χ0) is 11.4. The van der Waals surface area contributed by atoms with Crippen molar-refractivity contribution in [1.29, 1.82) is 0 Å². The Morgan fingerprint density at radius 2 is 2.12 bits per heavy atom. The van der Waals surface area contributed by atoms with Crippen molar-refractivity contribution < 1.29 is 9.53 Å². The molecule has 0 radical (unpaired) electrons. The summed E-state index contributed by atoms with van der Waals surface area (Å²) in [7, 11) is 0. The Kier molecular flexibility index (Phi) is 3.96. The highest BCUT2D eigenvalue weighted by Gasteiger charge is 2.18. The van der Waals surface area contributed by atoms with Crippen molar-refractivity contribution in [3.05, 3.63) is 11.1 Å². The van der Waals surface area contributed by atoms with E-state index < -0.39 is 0 Å². The molecule has 2 N–H and O–H groups in total. The van der Waals surface area contributed by atoms with Gasteiger partial charge in [0.25, 0.3) is 0 Å². The van der Waals surface area contributed by atoms with Crippen molar-refractivity contribution in [2.45, 2.75) is 19.8 Å². The maximum atomic E-state index is 11.8. The molecular formula is C12H20N2O2. The third-order valence-corrected chi connectivity index (χ3v) is 3.44. The number of ether oxygens (including phenoxy) is 1. The predicted octanol–water partition coefficient (Wildman–Crippen LogP) is 0.449. The van der Waals surface area contributed by atoms with Crippen LogP contribution in [-0.2, 0) is 9.53 Å². The van der Waals surface area contributed by atoms with Crippen molar-refractivity contribution in [2.24, 2.45) is 5.92 Å². The maximum Gasteiger partial charge on any atom is 0.246 e. The quantitative estimate of drug-likeness (QED) is 0.684. The third-order valence-electron chi connectivity index (χ3n) is 3.44. The van der Waals surface area contributed by atoms with Gasteiger partial charge < -0.3 is 15.4 Å². The summed E-state index contributed by atoms with van der Waals surface area (Å²) in [6.45, 7) is 6.12. The van der Waals surface area contributed by atoms with Gasteiger partial charge in [-0.05, 0) is 31.3 Å². The fraction of sp³-hybridized carbons (Fsp3) is 0.750. The van der Waals surface area contributed by atoms with Crippen LogP contribution in [0.1, 0.15) is 19.8 Å². The van der Waals surface area contributed by atoms with Gasteiger partial charge in [-0.15, -0.1) is 0 Å².